The van der Waals surface area contributed by atoms with E-state index in [1.54, 1.807) is 7.11 Å². The zero-order chi connectivity index (χ0) is 12.3. The minimum absolute atomic E-state index is 0.0298. The lowest BCUT2D eigenvalue weighted by atomic mass is 10.1. The van der Waals surface area contributed by atoms with Gasteiger partial charge >= 0.3 is 0 Å². The van der Waals surface area contributed by atoms with Crippen LogP contribution in [-0.2, 0) is 16.3 Å². The van der Waals surface area contributed by atoms with Gasteiger partial charge in [-0.05, 0) is 24.1 Å². The van der Waals surface area contributed by atoms with Crippen LogP contribution in [0.3, 0.4) is 0 Å². The minimum atomic E-state index is -2.85. The molecule has 1 fully saturated rings. The number of ether oxygens (including phenoxy) is 1. The fourth-order valence-electron chi connectivity index (χ4n) is 2.04. The van der Waals surface area contributed by atoms with Crippen molar-refractivity contribution in [1.82, 2.24) is 5.32 Å². The zero-order valence-electron chi connectivity index (χ0n) is 9.85. The molecule has 4 nitrogen and oxygen atoms in total. The highest BCUT2D eigenvalue weighted by Crippen LogP contribution is 2.14. The molecule has 1 atom stereocenters. The summed E-state index contributed by atoms with van der Waals surface area (Å²) < 4.78 is 28.1. The predicted molar refractivity (Wildman–Crippen MR) is 67.1 cm³/mol. The summed E-state index contributed by atoms with van der Waals surface area (Å²) in [4.78, 5) is 0. The lowest BCUT2D eigenvalue weighted by Gasteiger charge is -2.23. The molecule has 1 N–H and O–H groups in total. The molecule has 1 saturated heterocycles. The third-order valence-corrected chi connectivity index (χ3v) is 4.68. The van der Waals surface area contributed by atoms with E-state index in [4.69, 9.17) is 4.74 Å². The second-order valence-corrected chi connectivity index (χ2v) is 6.55. The molecule has 0 amide bonds. The zero-order valence-corrected chi connectivity index (χ0v) is 10.7. The molecule has 1 aromatic carbocycles. The molecule has 0 aromatic heterocycles. The predicted octanol–water partition coefficient (Wildman–Crippen LogP) is 0.624. The van der Waals surface area contributed by atoms with E-state index in [2.05, 4.69) is 5.32 Å². The van der Waals surface area contributed by atoms with Crippen molar-refractivity contribution in [2.24, 2.45) is 0 Å². The number of benzene rings is 1. The first-order valence-electron chi connectivity index (χ1n) is 5.66. The van der Waals surface area contributed by atoms with Gasteiger partial charge in [0, 0.05) is 12.6 Å². The number of hydrogen-bond donors (Lipinski definition) is 1. The summed E-state index contributed by atoms with van der Waals surface area (Å²) >= 11 is 0. The Kier molecular flexibility index (Phi) is 3.69. The van der Waals surface area contributed by atoms with Gasteiger partial charge in [-0.25, -0.2) is 8.42 Å². The Labute approximate surface area is 102 Å². The molecule has 1 aromatic rings. The third kappa shape index (κ3) is 3.44. The molecule has 0 saturated carbocycles. The Morgan fingerprint density at radius 1 is 1.35 bits per heavy atom. The SMILES string of the molecule is COc1ccc(CC2CS(=O)(=O)CCN2)cc1. The van der Waals surface area contributed by atoms with Crippen molar-refractivity contribution in [3.05, 3.63) is 29.8 Å². The van der Waals surface area contributed by atoms with Crippen molar-refractivity contribution >= 4 is 9.84 Å². The smallest absolute Gasteiger partial charge is 0.153 e. The van der Waals surface area contributed by atoms with Crippen molar-refractivity contribution in [3.63, 3.8) is 0 Å². The van der Waals surface area contributed by atoms with Crippen LogP contribution in [-0.4, -0.2) is 39.6 Å². The molecule has 1 unspecified atom stereocenters. The highest BCUT2D eigenvalue weighted by Gasteiger charge is 2.24. The Morgan fingerprint density at radius 2 is 2.06 bits per heavy atom. The maximum Gasteiger partial charge on any atom is 0.153 e. The second-order valence-electron chi connectivity index (χ2n) is 4.32. The van der Waals surface area contributed by atoms with Crippen LogP contribution in [0.2, 0.25) is 0 Å². The molecule has 0 aliphatic carbocycles. The van der Waals surface area contributed by atoms with Gasteiger partial charge in [0.2, 0.25) is 0 Å². The summed E-state index contributed by atoms with van der Waals surface area (Å²) in [5.74, 6) is 1.31. The van der Waals surface area contributed by atoms with Crippen LogP contribution >= 0.6 is 0 Å². The van der Waals surface area contributed by atoms with Crippen LogP contribution in [0.15, 0.2) is 24.3 Å². The van der Waals surface area contributed by atoms with Gasteiger partial charge in [0.05, 0.1) is 18.6 Å². The van der Waals surface area contributed by atoms with Crippen LogP contribution in [0.4, 0.5) is 0 Å². The Balaban J connectivity index is 2.00. The molecule has 1 aliphatic heterocycles. The van der Waals surface area contributed by atoms with E-state index in [9.17, 15) is 8.42 Å². The third-order valence-electron chi connectivity index (χ3n) is 2.94. The summed E-state index contributed by atoms with van der Waals surface area (Å²) in [5, 5.41) is 3.24. The number of sulfone groups is 1. The monoisotopic (exact) mass is 255 g/mol. The lowest BCUT2D eigenvalue weighted by molar-refractivity contribution is 0.414. The van der Waals surface area contributed by atoms with Crippen molar-refractivity contribution < 1.29 is 13.2 Å². The molecular weight excluding hydrogens is 238 g/mol. The summed E-state index contributed by atoms with van der Waals surface area (Å²) in [7, 11) is -1.22. The topological polar surface area (TPSA) is 55.4 Å². The Hall–Kier alpha value is -1.07. The quantitative estimate of drug-likeness (QED) is 0.860. The first-order valence-corrected chi connectivity index (χ1v) is 7.48. The van der Waals surface area contributed by atoms with Crippen molar-refractivity contribution in [2.75, 3.05) is 25.2 Å². The van der Waals surface area contributed by atoms with E-state index in [1.807, 2.05) is 24.3 Å². The molecule has 5 heteroatoms. The van der Waals surface area contributed by atoms with Gasteiger partial charge in [0.15, 0.2) is 9.84 Å². The van der Waals surface area contributed by atoms with Gasteiger partial charge in [-0.2, -0.15) is 0 Å². The average Bonchev–Trinajstić information content (AvgIpc) is 2.29. The van der Waals surface area contributed by atoms with E-state index >= 15 is 0 Å². The summed E-state index contributed by atoms with van der Waals surface area (Å²) in [6, 6.07) is 7.77. The molecule has 17 heavy (non-hydrogen) atoms. The average molecular weight is 255 g/mol. The number of hydrogen-bond acceptors (Lipinski definition) is 4. The van der Waals surface area contributed by atoms with E-state index < -0.39 is 9.84 Å². The molecule has 0 spiro atoms. The van der Waals surface area contributed by atoms with Gasteiger partial charge in [-0.15, -0.1) is 0 Å². The number of methoxy groups -OCH3 is 1. The van der Waals surface area contributed by atoms with Crippen molar-refractivity contribution in [3.8, 4) is 5.75 Å². The van der Waals surface area contributed by atoms with Gasteiger partial charge < -0.3 is 10.1 Å². The van der Waals surface area contributed by atoms with E-state index in [0.717, 1.165) is 17.7 Å². The summed E-state index contributed by atoms with van der Waals surface area (Å²) in [5.41, 5.74) is 1.13. The first-order chi connectivity index (χ1) is 8.09. The minimum Gasteiger partial charge on any atom is -0.497 e. The molecule has 94 valence electrons. The normalized spacial score (nSPS) is 23.2. The molecular formula is C12H17NO3S. The second kappa shape index (κ2) is 5.06. The van der Waals surface area contributed by atoms with E-state index in [1.165, 1.54) is 0 Å². The largest absolute Gasteiger partial charge is 0.497 e. The summed E-state index contributed by atoms with van der Waals surface area (Å²) in [6.45, 7) is 0.559. The van der Waals surface area contributed by atoms with Crippen LogP contribution in [0.5, 0.6) is 5.75 Å². The van der Waals surface area contributed by atoms with Crippen LogP contribution < -0.4 is 10.1 Å². The standard InChI is InChI=1S/C12H17NO3S/c1-16-12-4-2-10(3-5-12)8-11-9-17(14,15)7-6-13-11/h2-5,11,13H,6-9H2,1H3. The first kappa shape index (κ1) is 12.4. The van der Waals surface area contributed by atoms with E-state index in [-0.39, 0.29) is 17.5 Å². The van der Waals surface area contributed by atoms with Gasteiger partial charge in [0.1, 0.15) is 5.75 Å². The molecule has 1 aliphatic rings. The van der Waals surface area contributed by atoms with Gasteiger partial charge in [-0.3, -0.25) is 0 Å². The van der Waals surface area contributed by atoms with Gasteiger partial charge in [0.25, 0.3) is 0 Å². The number of rotatable bonds is 3. The molecule has 1 heterocycles. The maximum absolute atomic E-state index is 11.5. The fourth-order valence-corrected chi connectivity index (χ4v) is 3.49. The van der Waals surface area contributed by atoms with Crippen LogP contribution in [0, 0.1) is 0 Å². The van der Waals surface area contributed by atoms with E-state index in [0.29, 0.717) is 6.54 Å². The highest BCUT2D eigenvalue weighted by atomic mass is 32.2. The Morgan fingerprint density at radius 3 is 2.65 bits per heavy atom. The molecule has 2 rings (SSSR count). The maximum atomic E-state index is 11.5. The molecule has 0 bridgehead atoms. The summed E-state index contributed by atoms with van der Waals surface area (Å²) in [6.07, 6.45) is 0.739. The fraction of sp³-hybridized carbons (Fsp3) is 0.500. The van der Waals surface area contributed by atoms with Crippen LogP contribution in [0.25, 0.3) is 0 Å². The lowest BCUT2D eigenvalue weighted by Crippen LogP contribution is -2.46. The van der Waals surface area contributed by atoms with Gasteiger partial charge in [-0.1, -0.05) is 12.1 Å². The van der Waals surface area contributed by atoms with Crippen molar-refractivity contribution in [1.29, 1.82) is 0 Å². The van der Waals surface area contributed by atoms with Crippen molar-refractivity contribution in [2.45, 2.75) is 12.5 Å². The Bertz CT molecular complexity index is 467. The molecule has 0 radical (unpaired) electrons. The highest BCUT2D eigenvalue weighted by molar-refractivity contribution is 7.91. The van der Waals surface area contributed by atoms with Crippen LogP contribution in [0.1, 0.15) is 5.56 Å². The number of nitrogens with one attached hydrogen (secondary N) is 1.